The molecule has 1 saturated carbocycles. The molecule has 0 N–H and O–H groups in total. The van der Waals surface area contributed by atoms with E-state index in [4.69, 9.17) is 0 Å². The number of hydrogen-bond donors (Lipinski definition) is 0. The molecule has 0 radical (unpaired) electrons. The summed E-state index contributed by atoms with van der Waals surface area (Å²) in [6.07, 6.45) is 4.03. The van der Waals surface area contributed by atoms with Crippen LogP contribution in [-0.4, -0.2) is 0 Å². The average molecular weight is 409 g/mol. The van der Waals surface area contributed by atoms with Gasteiger partial charge in [0.05, 0.1) is 0 Å². The first-order valence-electron chi connectivity index (χ1n) is 10.8. The summed E-state index contributed by atoms with van der Waals surface area (Å²) in [5.41, 5.74) is 3.17. The summed E-state index contributed by atoms with van der Waals surface area (Å²) >= 11 is 0. The van der Waals surface area contributed by atoms with E-state index in [2.05, 4.69) is 0 Å². The van der Waals surface area contributed by atoms with Gasteiger partial charge < -0.3 is 0 Å². The van der Waals surface area contributed by atoms with Gasteiger partial charge in [-0.05, 0) is 90.8 Å². The SMILES string of the molecule is C[C@H](Cc1c(F)cc(C2CCC(c3ccc(F)cc3)CC2)cc1F)c1ccccc1. The molecular weight excluding hydrogens is 381 g/mol. The molecule has 3 aromatic carbocycles. The van der Waals surface area contributed by atoms with E-state index in [9.17, 15) is 13.2 Å². The quantitative estimate of drug-likeness (QED) is 0.403. The topological polar surface area (TPSA) is 0 Å². The monoisotopic (exact) mass is 408 g/mol. The minimum absolute atomic E-state index is 0.0483. The van der Waals surface area contributed by atoms with E-state index < -0.39 is 11.6 Å². The van der Waals surface area contributed by atoms with Gasteiger partial charge in [0.1, 0.15) is 17.5 Å². The van der Waals surface area contributed by atoms with Crippen LogP contribution in [0.4, 0.5) is 13.2 Å². The van der Waals surface area contributed by atoms with Crippen molar-refractivity contribution in [2.24, 2.45) is 0 Å². The first-order valence-corrected chi connectivity index (χ1v) is 10.8. The first kappa shape index (κ1) is 20.7. The van der Waals surface area contributed by atoms with Crippen molar-refractivity contribution in [2.45, 2.75) is 56.8 Å². The average Bonchev–Trinajstić information content (AvgIpc) is 2.77. The van der Waals surface area contributed by atoms with Crippen LogP contribution in [0, 0.1) is 17.5 Å². The van der Waals surface area contributed by atoms with Crippen molar-refractivity contribution in [1.29, 1.82) is 0 Å². The lowest BCUT2D eigenvalue weighted by Gasteiger charge is -2.29. The van der Waals surface area contributed by atoms with Crippen molar-refractivity contribution < 1.29 is 13.2 Å². The Hall–Kier alpha value is -2.55. The predicted octanol–water partition coefficient (Wildman–Crippen LogP) is 7.89. The van der Waals surface area contributed by atoms with Crippen molar-refractivity contribution in [3.05, 3.63) is 106 Å². The van der Waals surface area contributed by atoms with Crippen LogP contribution in [-0.2, 0) is 6.42 Å². The lowest BCUT2D eigenvalue weighted by molar-refractivity contribution is 0.393. The van der Waals surface area contributed by atoms with Crippen molar-refractivity contribution >= 4 is 0 Å². The largest absolute Gasteiger partial charge is 0.207 e. The molecule has 0 saturated heterocycles. The summed E-state index contributed by atoms with van der Waals surface area (Å²) in [6, 6.07) is 19.6. The second kappa shape index (κ2) is 9.07. The standard InChI is InChI=1S/C27H27F3/c1-18(19-5-3-2-4-6-19)15-25-26(29)16-23(17-27(25)30)22-9-7-20(8-10-22)21-11-13-24(28)14-12-21/h2-6,11-14,16-18,20,22H,7-10,15H2,1H3/t18-,20?,22?/m1/s1. The Kier molecular flexibility index (Phi) is 6.26. The molecule has 1 aliphatic carbocycles. The van der Waals surface area contributed by atoms with Crippen LogP contribution in [0.15, 0.2) is 66.7 Å². The summed E-state index contributed by atoms with van der Waals surface area (Å²) in [6.45, 7) is 2.00. The van der Waals surface area contributed by atoms with Crippen LogP contribution in [0.3, 0.4) is 0 Å². The van der Waals surface area contributed by atoms with Gasteiger partial charge >= 0.3 is 0 Å². The molecule has 0 aromatic heterocycles. The second-order valence-electron chi connectivity index (χ2n) is 8.58. The van der Waals surface area contributed by atoms with Crippen LogP contribution < -0.4 is 0 Å². The third kappa shape index (κ3) is 4.61. The zero-order valence-electron chi connectivity index (χ0n) is 17.3. The van der Waals surface area contributed by atoms with Gasteiger partial charge in [-0.25, -0.2) is 13.2 Å². The number of hydrogen-bond acceptors (Lipinski definition) is 0. The Morgan fingerprint density at radius 1 is 0.733 bits per heavy atom. The molecule has 0 amide bonds. The van der Waals surface area contributed by atoms with Gasteiger partial charge in [0.2, 0.25) is 0 Å². The van der Waals surface area contributed by atoms with Crippen LogP contribution >= 0.6 is 0 Å². The Morgan fingerprint density at radius 3 is 1.83 bits per heavy atom. The molecule has 1 aliphatic rings. The maximum absolute atomic E-state index is 14.8. The predicted molar refractivity (Wildman–Crippen MR) is 115 cm³/mol. The number of benzene rings is 3. The third-order valence-corrected chi connectivity index (χ3v) is 6.58. The second-order valence-corrected chi connectivity index (χ2v) is 8.58. The van der Waals surface area contributed by atoms with Crippen molar-refractivity contribution in [3.8, 4) is 0 Å². The third-order valence-electron chi connectivity index (χ3n) is 6.58. The summed E-state index contributed by atoms with van der Waals surface area (Å²) in [5.74, 6) is -0.483. The molecular formula is C27H27F3. The molecule has 30 heavy (non-hydrogen) atoms. The van der Waals surface area contributed by atoms with Gasteiger partial charge in [-0.15, -0.1) is 0 Å². The Bertz CT molecular complexity index is 948. The van der Waals surface area contributed by atoms with E-state index in [-0.39, 0.29) is 23.2 Å². The lowest BCUT2D eigenvalue weighted by Crippen LogP contribution is -2.13. The molecule has 0 heterocycles. The molecule has 3 heteroatoms. The molecule has 3 aromatic rings. The van der Waals surface area contributed by atoms with Gasteiger partial charge in [0.25, 0.3) is 0 Å². The van der Waals surface area contributed by atoms with E-state index in [0.717, 1.165) is 42.4 Å². The van der Waals surface area contributed by atoms with E-state index >= 15 is 0 Å². The number of halogens is 3. The molecule has 4 rings (SSSR count). The normalized spacial score (nSPS) is 20.1. The van der Waals surface area contributed by atoms with Crippen molar-refractivity contribution in [2.75, 3.05) is 0 Å². The van der Waals surface area contributed by atoms with E-state index in [1.54, 1.807) is 12.1 Å². The smallest absolute Gasteiger partial charge is 0.129 e. The van der Waals surface area contributed by atoms with Gasteiger partial charge in [0.15, 0.2) is 0 Å². The van der Waals surface area contributed by atoms with Crippen LogP contribution in [0.25, 0.3) is 0 Å². The molecule has 156 valence electrons. The van der Waals surface area contributed by atoms with Gasteiger partial charge in [-0.1, -0.05) is 49.4 Å². The summed E-state index contributed by atoms with van der Waals surface area (Å²) < 4.78 is 42.8. The maximum Gasteiger partial charge on any atom is 0.129 e. The molecule has 0 spiro atoms. The van der Waals surface area contributed by atoms with Crippen molar-refractivity contribution in [3.63, 3.8) is 0 Å². The lowest BCUT2D eigenvalue weighted by atomic mass is 9.76. The fraction of sp³-hybridized carbons (Fsp3) is 0.333. The molecule has 0 nitrogen and oxygen atoms in total. The van der Waals surface area contributed by atoms with Crippen molar-refractivity contribution in [1.82, 2.24) is 0 Å². The highest BCUT2D eigenvalue weighted by Gasteiger charge is 2.25. The molecule has 0 unspecified atom stereocenters. The highest BCUT2D eigenvalue weighted by molar-refractivity contribution is 5.32. The molecule has 0 bridgehead atoms. The number of rotatable bonds is 5. The molecule has 1 atom stereocenters. The van der Waals surface area contributed by atoms with E-state index in [0.29, 0.717) is 12.3 Å². The maximum atomic E-state index is 14.8. The van der Waals surface area contributed by atoms with E-state index in [1.807, 2.05) is 49.4 Å². The van der Waals surface area contributed by atoms with Crippen LogP contribution in [0.1, 0.15) is 72.6 Å². The van der Waals surface area contributed by atoms with Gasteiger partial charge in [-0.2, -0.15) is 0 Å². The molecule has 1 fully saturated rings. The van der Waals surface area contributed by atoms with Crippen LogP contribution in [0.5, 0.6) is 0 Å². The Labute approximate surface area is 176 Å². The fourth-order valence-electron chi connectivity index (χ4n) is 4.75. The molecule has 0 aliphatic heterocycles. The van der Waals surface area contributed by atoms with Gasteiger partial charge in [-0.3, -0.25) is 0 Å². The summed E-state index contributed by atoms with van der Waals surface area (Å²) in [4.78, 5) is 0. The van der Waals surface area contributed by atoms with E-state index in [1.165, 1.54) is 12.1 Å². The fourth-order valence-corrected chi connectivity index (χ4v) is 4.75. The first-order chi connectivity index (χ1) is 14.5. The summed E-state index contributed by atoms with van der Waals surface area (Å²) in [7, 11) is 0. The highest BCUT2D eigenvalue weighted by Crippen LogP contribution is 2.41. The Balaban J connectivity index is 1.44. The minimum atomic E-state index is -0.437. The zero-order valence-corrected chi connectivity index (χ0v) is 17.3. The minimum Gasteiger partial charge on any atom is -0.207 e. The van der Waals surface area contributed by atoms with Gasteiger partial charge in [0, 0.05) is 5.56 Å². The zero-order chi connectivity index (χ0) is 21.1. The summed E-state index contributed by atoms with van der Waals surface area (Å²) in [5, 5.41) is 0. The van der Waals surface area contributed by atoms with Crippen LogP contribution in [0.2, 0.25) is 0 Å². The highest BCUT2D eigenvalue weighted by atomic mass is 19.1. The Morgan fingerprint density at radius 2 is 1.27 bits per heavy atom.